The number of hydrogen-bond acceptors (Lipinski definition) is 6. The Morgan fingerprint density at radius 3 is 2.22 bits per heavy atom. The molecule has 0 saturated carbocycles. The van der Waals surface area contributed by atoms with Crippen molar-refractivity contribution >= 4 is 21.6 Å². The molecule has 8 nitrogen and oxygen atoms in total. The van der Waals surface area contributed by atoms with Gasteiger partial charge in [0.05, 0.1) is 33.3 Å². The van der Waals surface area contributed by atoms with E-state index < -0.39 is 10.0 Å². The number of methoxy groups -OCH3 is 3. The highest BCUT2D eigenvalue weighted by Crippen LogP contribution is 2.28. The molecule has 0 fully saturated rings. The predicted molar refractivity (Wildman–Crippen MR) is 125 cm³/mol. The minimum atomic E-state index is -3.46. The Morgan fingerprint density at radius 2 is 1.62 bits per heavy atom. The summed E-state index contributed by atoms with van der Waals surface area (Å²) in [7, 11) is 1.29. The topological polar surface area (TPSA) is 94.2 Å². The third kappa shape index (κ3) is 7.64. The van der Waals surface area contributed by atoms with Crippen molar-refractivity contribution in [2.45, 2.75) is 25.7 Å². The summed E-state index contributed by atoms with van der Waals surface area (Å²) in [6.07, 6.45) is 3.40. The molecule has 0 saturated heterocycles. The molecule has 0 aliphatic rings. The average Bonchev–Trinajstić information content (AvgIpc) is 2.78. The summed E-state index contributed by atoms with van der Waals surface area (Å²) in [5.74, 6) is 1.92. The summed E-state index contributed by atoms with van der Waals surface area (Å²) in [6, 6.07) is 12.6. The van der Waals surface area contributed by atoms with Crippen molar-refractivity contribution in [3.63, 3.8) is 0 Å². The van der Waals surface area contributed by atoms with E-state index in [1.165, 1.54) is 4.31 Å². The van der Waals surface area contributed by atoms with Gasteiger partial charge in [-0.1, -0.05) is 6.07 Å². The molecule has 0 atom stereocenters. The summed E-state index contributed by atoms with van der Waals surface area (Å²) in [4.78, 5) is 12.2. The number of sulfonamides is 1. The SMILES string of the molecule is COc1ccc(N(CCCC(=O)NCCCc2ccc(OC)c(OC)c2)S(C)(=O)=O)cc1. The number of nitrogens with one attached hydrogen (secondary N) is 1. The Balaban J connectivity index is 1.77. The van der Waals surface area contributed by atoms with Gasteiger partial charge in [0.25, 0.3) is 0 Å². The Hall–Kier alpha value is -2.94. The number of amides is 1. The maximum absolute atomic E-state index is 12.2. The van der Waals surface area contributed by atoms with E-state index in [0.29, 0.717) is 35.9 Å². The van der Waals surface area contributed by atoms with Crippen LogP contribution in [0.4, 0.5) is 5.69 Å². The van der Waals surface area contributed by atoms with Crippen LogP contribution in [0, 0.1) is 0 Å². The van der Waals surface area contributed by atoms with Crippen LogP contribution >= 0.6 is 0 Å². The van der Waals surface area contributed by atoms with Crippen molar-refractivity contribution in [1.29, 1.82) is 0 Å². The van der Waals surface area contributed by atoms with Gasteiger partial charge in [-0.2, -0.15) is 0 Å². The van der Waals surface area contributed by atoms with E-state index >= 15 is 0 Å². The van der Waals surface area contributed by atoms with Crippen LogP contribution < -0.4 is 23.8 Å². The molecular formula is C23H32N2O6S. The normalized spacial score (nSPS) is 11.0. The standard InChI is InChI=1S/C23H32N2O6S/c1-29-20-12-10-19(11-13-20)25(32(4,27)28)16-6-8-23(26)24-15-5-7-18-9-14-21(30-2)22(17-18)31-3/h9-14,17H,5-8,15-16H2,1-4H3,(H,24,26). The molecule has 2 aromatic carbocycles. The monoisotopic (exact) mass is 464 g/mol. The molecule has 0 bridgehead atoms. The van der Waals surface area contributed by atoms with E-state index in [0.717, 1.165) is 24.7 Å². The molecule has 32 heavy (non-hydrogen) atoms. The van der Waals surface area contributed by atoms with Crippen molar-refractivity contribution in [1.82, 2.24) is 5.32 Å². The zero-order valence-electron chi connectivity index (χ0n) is 19.1. The van der Waals surface area contributed by atoms with Crippen LogP contribution in [0.1, 0.15) is 24.8 Å². The second kappa shape index (κ2) is 12.2. The van der Waals surface area contributed by atoms with Gasteiger partial charge >= 0.3 is 0 Å². The number of carbonyl (C=O) groups excluding carboxylic acids is 1. The highest BCUT2D eigenvalue weighted by molar-refractivity contribution is 7.92. The van der Waals surface area contributed by atoms with E-state index in [-0.39, 0.29) is 18.9 Å². The Kier molecular flexibility index (Phi) is 9.64. The fourth-order valence-electron chi connectivity index (χ4n) is 3.26. The number of nitrogens with zero attached hydrogens (tertiary/aromatic N) is 1. The summed E-state index contributed by atoms with van der Waals surface area (Å²) in [6.45, 7) is 0.770. The third-order valence-corrected chi connectivity index (χ3v) is 6.13. The van der Waals surface area contributed by atoms with Crippen LogP contribution in [0.25, 0.3) is 0 Å². The van der Waals surface area contributed by atoms with Crippen LogP contribution in [0.2, 0.25) is 0 Å². The third-order valence-electron chi connectivity index (χ3n) is 4.94. The van der Waals surface area contributed by atoms with Gasteiger partial charge in [-0.15, -0.1) is 0 Å². The number of carbonyl (C=O) groups is 1. The minimum absolute atomic E-state index is 0.0968. The van der Waals surface area contributed by atoms with Gasteiger partial charge in [0.1, 0.15) is 5.75 Å². The second-order valence-corrected chi connectivity index (χ2v) is 9.19. The predicted octanol–water partition coefficient (Wildman–Crippen LogP) is 3.01. The molecule has 0 aromatic heterocycles. The van der Waals surface area contributed by atoms with Gasteiger partial charge in [-0.05, 0) is 61.2 Å². The first-order valence-electron chi connectivity index (χ1n) is 10.4. The Morgan fingerprint density at radius 1 is 0.938 bits per heavy atom. The van der Waals surface area contributed by atoms with Gasteiger partial charge < -0.3 is 19.5 Å². The molecule has 0 radical (unpaired) electrons. The fraction of sp³-hybridized carbons (Fsp3) is 0.435. The first-order chi connectivity index (χ1) is 15.3. The van der Waals surface area contributed by atoms with Crippen molar-refractivity contribution in [2.75, 3.05) is 45.0 Å². The molecule has 0 spiro atoms. The number of aryl methyl sites for hydroxylation is 1. The molecule has 0 unspecified atom stereocenters. The van der Waals surface area contributed by atoms with Crippen LogP contribution in [0.3, 0.4) is 0 Å². The lowest BCUT2D eigenvalue weighted by molar-refractivity contribution is -0.121. The van der Waals surface area contributed by atoms with Gasteiger partial charge in [0, 0.05) is 19.5 Å². The Bertz CT molecular complexity index is 976. The van der Waals surface area contributed by atoms with Gasteiger partial charge in [-0.3, -0.25) is 9.10 Å². The maximum atomic E-state index is 12.2. The number of benzene rings is 2. The number of ether oxygens (including phenoxy) is 3. The summed E-state index contributed by atoms with van der Waals surface area (Å²) < 4.78 is 41.3. The van der Waals surface area contributed by atoms with Crippen molar-refractivity contribution in [2.24, 2.45) is 0 Å². The van der Waals surface area contributed by atoms with E-state index in [1.54, 1.807) is 45.6 Å². The first-order valence-corrected chi connectivity index (χ1v) is 12.2. The van der Waals surface area contributed by atoms with E-state index in [2.05, 4.69) is 5.32 Å². The molecule has 2 aromatic rings. The zero-order valence-corrected chi connectivity index (χ0v) is 19.9. The summed E-state index contributed by atoms with van der Waals surface area (Å²) >= 11 is 0. The fourth-order valence-corrected chi connectivity index (χ4v) is 4.23. The quantitative estimate of drug-likeness (QED) is 0.458. The molecule has 0 heterocycles. The van der Waals surface area contributed by atoms with Crippen molar-refractivity contribution < 1.29 is 27.4 Å². The van der Waals surface area contributed by atoms with Crippen molar-refractivity contribution in [3.8, 4) is 17.2 Å². The largest absolute Gasteiger partial charge is 0.497 e. The van der Waals surface area contributed by atoms with Crippen LogP contribution in [-0.2, 0) is 21.2 Å². The molecule has 176 valence electrons. The molecule has 1 N–H and O–H groups in total. The van der Waals surface area contributed by atoms with Gasteiger partial charge in [0.2, 0.25) is 15.9 Å². The van der Waals surface area contributed by atoms with E-state index in [1.807, 2.05) is 18.2 Å². The van der Waals surface area contributed by atoms with Crippen LogP contribution in [0.15, 0.2) is 42.5 Å². The lowest BCUT2D eigenvalue weighted by atomic mass is 10.1. The highest BCUT2D eigenvalue weighted by Gasteiger charge is 2.17. The smallest absolute Gasteiger partial charge is 0.232 e. The van der Waals surface area contributed by atoms with Crippen molar-refractivity contribution in [3.05, 3.63) is 48.0 Å². The summed E-state index contributed by atoms with van der Waals surface area (Å²) in [5, 5.41) is 2.89. The lowest BCUT2D eigenvalue weighted by Crippen LogP contribution is -2.32. The molecule has 0 aliphatic carbocycles. The molecule has 2 rings (SSSR count). The number of hydrogen-bond donors (Lipinski definition) is 1. The second-order valence-electron chi connectivity index (χ2n) is 7.28. The van der Waals surface area contributed by atoms with E-state index in [4.69, 9.17) is 14.2 Å². The molecule has 0 aliphatic heterocycles. The Labute approximate surface area is 190 Å². The molecular weight excluding hydrogens is 432 g/mol. The van der Waals surface area contributed by atoms with E-state index in [9.17, 15) is 13.2 Å². The number of rotatable bonds is 13. The van der Waals surface area contributed by atoms with Crippen LogP contribution in [0.5, 0.6) is 17.2 Å². The average molecular weight is 465 g/mol. The van der Waals surface area contributed by atoms with Gasteiger partial charge in [0.15, 0.2) is 11.5 Å². The minimum Gasteiger partial charge on any atom is -0.497 e. The zero-order chi connectivity index (χ0) is 23.6. The maximum Gasteiger partial charge on any atom is 0.232 e. The molecule has 1 amide bonds. The number of anilines is 1. The summed E-state index contributed by atoms with van der Waals surface area (Å²) in [5.41, 5.74) is 1.64. The highest BCUT2D eigenvalue weighted by atomic mass is 32.2. The molecule has 9 heteroatoms. The van der Waals surface area contributed by atoms with Gasteiger partial charge in [-0.25, -0.2) is 8.42 Å². The lowest BCUT2D eigenvalue weighted by Gasteiger charge is -2.22. The first kappa shape index (κ1) is 25.3. The van der Waals surface area contributed by atoms with Crippen LogP contribution in [-0.4, -0.2) is 55.0 Å².